The van der Waals surface area contributed by atoms with Crippen LogP contribution in [0.15, 0.2) is 12.1 Å². The van der Waals surface area contributed by atoms with E-state index < -0.39 is 27.8 Å². The van der Waals surface area contributed by atoms with Crippen molar-refractivity contribution < 1.29 is 15.0 Å². The Bertz CT molecular complexity index is 431. The Morgan fingerprint density at radius 2 is 1.87 bits per heavy atom. The number of hydrogen-bond acceptors (Lipinski definition) is 6. The summed E-state index contributed by atoms with van der Waals surface area (Å²) >= 11 is 0. The molecule has 15 heavy (non-hydrogen) atoms. The van der Waals surface area contributed by atoms with Gasteiger partial charge in [-0.05, 0) is 0 Å². The summed E-state index contributed by atoms with van der Waals surface area (Å²) in [7, 11) is 0. The average molecular weight is 213 g/mol. The number of aliphatic hydroxyl groups excluding tert-OH is 1. The lowest BCUT2D eigenvalue weighted by atomic mass is 10.1. The highest BCUT2D eigenvalue weighted by Crippen LogP contribution is 2.30. The Hall–Kier alpha value is -2.22. The van der Waals surface area contributed by atoms with Gasteiger partial charge in [0.1, 0.15) is 0 Å². The first-order valence-electron chi connectivity index (χ1n) is 3.79. The van der Waals surface area contributed by atoms with Crippen LogP contribution in [0, 0.1) is 20.2 Å². The maximum absolute atomic E-state index is 10.5. The Labute approximate surface area is 83.2 Å². The summed E-state index contributed by atoms with van der Waals surface area (Å²) < 4.78 is 0. The van der Waals surface area contributed by atoms with Gasteiger partial charge in [-0.2, -0.15) is 0 Å². The van der Waals surface area contributed by atoms with Crippen LogP contribution in [-0.2, 0) is 6.61 Å². The Morgan fingerprint density at radius 1 is 1.27 bits per heavy atom. The number of anilines is 1. The number of nitrogen functional groups attached to an aromatic ring is 1. The van der Waals surface area contributed by atoms with Crippen molar-refractivity contribution >= 4 is 17.1 Å². The summed E-state index contributed by atoms with van der Waals surface area (Å²) in [6, 6.07) is 1.74. The van der Waals surface area contributed by atoms with E-state index in [1.807, 2.05) is 0 Å². The van der Waals surface area contributed by atoms with Crippen LogP contribution in [0.5, 0.6) is 0 Å². The van der Waals surface area contributed by atoms with E-state index in [9.17, 15) is 20.2 Å². The highest BCUT2D eigenvalue weighted by molar-refractivity contribution is 5.63. The van der Waals surface area contributed by atoms with Gasteiger partial charge in [-0.25, -0.2) is 0 Å². The zero-order chi connectivity index (χ0) is 11.6. The summed E-state index contributed by atoms with van der Waals surface area (Å²) in [6.07, 6.45) is 0. The molecule has 0 heterocycles. The molecule has 0 aromatic heterocycles. The summed E-state index contributed by atoms with van der Waals surface area (Å²) in [6.45, 7) is -0.639. The number of hydrogen-bond donors (Lipinski definition) is 2. The van der Waals surface area contributed by atoms with Gasteiger partial charge in [-0.3, -0.25) is 20.2 Å². The second-order valence-electron chi connectivity index (χ2n) is 2.71. The van der Waals surface area contributed by atoms with Gasteiger partial charge in [0, 0.05) is 6.07 Å². The van der Waals surface area contributed by atoms with Crippen molar-refractivity contribution in [2.45, 2.75) is 6.61 Å². The van der Waals surface area contributed by atoms with Crippen LogP contribution in [-0.4, -0.2) is 15.0 Å². The third-order valence-electron chi connectivity index (χ3n) is 1.81. The molecule has 0 spiro atoms. The largest absolute Gasteiger partial charge is 0.398 e. The first-order chi connectivity index (χ1) is 6.97. The van der Waals surface area contributed by atoms with Gasteiger partial charge in [0.2, 0.25) is 0 Å². The maximum atomic E-state index is 10.5. The predicted octanol–water partition coefficient (Wildman–Crippen LogP) is 0.577. The van der Waals surface area contributed by atoms with E-state index in [1.165, 1.54) is 0 Å². The molecule has 0 saturated carbocycles. The molecule has 0 atom stereocenters. The summed E-state index contributed by atoms with van der Waals surface area (Å²) in [5.74, 6) is 0. The molecule has 0 aliphatic carbocycles. The molecule has 1 aromatic carbocycles. The Balaban J connectivity index is 3.45. The predicted molar refractivity (Wildman–Crippen MR) is 50.1 cm³/mol. The van der Waals surface area contributed by atoms with Gasteiger partial charge in [0.05, 0.1) is 33.8 Å². The zero-order valence-electron chi connectivity index (χ0n) is 7.41. The highest BCUT2D eigenvalue weighted by atomic mass is 16.6. The van der Waals surface area contributed by atoms with Crippen LogP contribution in [0.25, 0.3) is 0 Å². The number of nitrogens with zero attached hydrogens (tertiary/aromatic N) is 2. The van der Waals surface area contributed by atoms with Crippen LogP contribution in [0.4, 0.5) is 17.1 Å². The standard InChI is InChI=1S/C7H7N3O5/c8-6-1-4(9(12)13)2-7(10(14)15)5(6)3-11/h1-2,11H,3,8H2. The normalized spacial score (nSPS) is 9.93. The fraction of sp³-hybridized carbons (Fsp3) is 0.143. The molecule has 0 unspecified atom stereocenters. The van der Waals surface area contributed by atoms with E-state index in [1.54, 1.807) is 0 Å². The van der Waals surface area contributed by atoms with E-state index in [-0.39, 0.29) is 11.3 Å². The first-order valence-corrected chi connectivity index (χ1v) is 3.79. The minimum atomic E-state index is -0.824. The van der Waals surface area contributed by atoms with Gasteiger partial charge < -0.3 is 10.8 Å². The van der Waals surface area contributed by atoms with Gasteiger partial charge in [0.15, 0.2) is 0 Å². The van der Waals surface area contributed by atoms with Crippen LogP contribution in [0.3, 0.4) is 0 Å². The zero-order valence-corrected chi connectivity index (χ0v) is 7.41. The molecular formula is C7H7N3O5. The molecule has 0 fully saturated rings. The SMILES string of the molecule is Nc1cc([N+](=O)[O-])cc([N+](=O)[O-])c1CO. The summed E-state index contributed by atoms with van der Waals surface area (Å²) in [4.78, 5) is 19.3. The number of nitro groups is 2. The van der Waals surface area contributed by atoms with Gasteiger partial charge in [-0.15, -0.1) is 0 Å². The van der Waals surface area contributed by atoms with Gasteiger partial charge in [-0.1, -0.05) is 0 Å². The third-order valence-corrected chi connectivity index (χ3v) is 1.81. The second-order valence-corrected chi connectivity index (χ2v) is 2.71. The number of nitro benzene ring substituents is 2. The quantitative estimate of drug-likeness (QED) is 0.428. The molecule has 0 bridgehead atoms. The van der Waals surface area contributed by atoms with E-state index in [2.05, 4.69) is 0 Å². The van der Waals surface area contributed by atoms with Crippen molar-refractivity contribution in [1.29, 1.82) is 0 Å². The minimum Gasteiger partial charge on any atom is -0.398 e. The van der Waals surface area contributed by atoms with E-state index >= 15 is 0 Å². The number of rotatable bonds is 3. The average Bonchev–Trinajstić information content (AvgIpc) is 2.16. The molecule has 0 amide bonds. The minimum absolute atomic E-state index is 0.120. The second kappa shape index (κ2) is 3.88. The van der Waals surface area contributed by atoms with Gasteiger partial charge in [0.25, 0.3) is 11.4 Å². The smallest absolute Gasteiger partial charge is 0.283 e. The van der Waals surface area contributed by atoms with Crippen LogP contribution in [0.1, 0.15) is 5.56 Å². The fourth-order valence-corrected chi connectivity index (χ4v) is 1.10. The monoisotopic (exact) mass is 213 g/mol. The van der Waals surface area contributed by atoms with Crippen molar-refractivity contribution in [3.05, 3.63) is 37.9 Å². The van der Waals surface area contributed by atoms with Crippen molar-refractivity contribution in [2.75, 3.05) is 5.73 Å². The maximum Gasteiger partial charge on any atom is 0.283 e. The van der Waals surface area contributed by atoms with Crippen molar-refractivity contribution in [3.8, 4) is 0 Å². The topological polar surface area (TPSA) is 133 Å². The molecule has 8 heteroatoms. The molecular weight excluding hydrogens is 206 g/mol. The van der Waals surface area contributed by atoms with Crippen molar-refractivity contribution in [1.82, 2.24) is 0 Å². The molecule has 0 aliphatic rings. The molecule has 0 aliphatic heterocycles. The molecule has 1 aromatic rings. The molecule has 1 rings (SSSR count). The van der Waals surface area contributed by atoms with Crippen LogP contribution in [0.2, 0.25) is 0 Å². The summed E-state index contributed by atoms with van der Waals surface area (Å²) in [5.41, 5.74) is 4.02. The van der Waals surface area contributed by atoms with Crippen molar-refractivity contribution in [3.63, 3.8) is 0 Å². The van der Waals surface area contributed by atoms with E-state index in [0.29, 0.717) is 0 Å². The Kier molecular flexibility index (Phi) is 2.81. The fourth-order valence-electron chi connectivity index (χ4n) is 1.10. The first kappa shape index (κ1) is 10.9. The highest BCUT2D eigenvalue weighted by Gasteiger charge is 2.21. The number of benzene rings is 1. The lowest BCUT2D eigenvalue weighted by Gasteiger charge is -2.03. The van der Waals surface area contributed by atoms with Crippen molar-refractivity contribution in [2.24, 2.45) is 0 Å². The lowest BCUT2D eigenvalue weighted by Crippen LogP contribution is -2.02. The van der Waals surface area contributed by atoms with Crippen LogP contribution >= 0.6 is 0 Å². The molecule has 0 radical (unpaired) electrons. The lowest BCUT2D eigenvalue weighted by molar-refractivity contribution is -0.394. The van der Waals surface area contributed by atoms with Crippen LogP contribution < -0.4 is 5.73 Å². The molecule has 3 N–H and O–H groups in total. The number of non-ortho nitro benzene ring substituents is 1. The third kappa shape index (κ3) is 1.99. The van der Waals surface area contributed by atoms with E-state index in [4.69, 9.17) is 10.8 Å². The summed E-state index contributed by atoms with van der Waals surface area (Å²) in [5, 5.41) is 29.7. The Morgan fingerprint density at radius 3 is 2.27 bits per heavy atom. The number of nitrogens with two attached hydrogens (primary N) is 1. The van der Waals surface area contributed by atoms with Gasteiger partial charge >= 0.3 is 0 Å². The molecule has 0 saturated heterocycles. The molecule has 80 valence electrons. The number of aliphatic hydroxyl groups is 1. The molecule has 8 nitrogen and oxygen atoms in total. The van der Waals surface area contributed by atoms with E-state index in [0.717, 1.165) is 12.1 Å².